The molecule has 1 N–H and O–H groups in total. The van der Waals surface area contributed by atoms with Gasteiger partial charge in [-0.15, -0.1) is 0 Å². The third kappa shape index (κ3) is 1.72. The van der Waals surface area contributed by atoms with Gasteiger partial charge in [0.15, 0.2) is 0 Å². The summed E-state index contributed by atoms with van der Waals surface area (Å²) in [5.41, 5.74) is 2.24. The van der Waals surface area contributed by atoms with Gasteiger partial charge in [-0.2, -0.15) is 5.26 Å². The van der Waals surface area contributed by atoms with Crippen LogP contribution in [0, 0.1) is 11.3 Å². The number of rotatable bonds is 0. The highest BCUT2D eigenvalue weighted by atomic mass is 16.2. The van der Waals surface area contributed by atoms with Crippen LogP contribution in [0.2, 0.25) is 0 Å². The minimum absolute atomic E-state index is 0.0637. The summed E-state index contributed by atoms with van der Waals surface area (Å²) < 4.78 is 0. The zero-order valence-corrected chi connectivity index (χ0v) is 9.32. The number of hydrogen-bond donors (Lipinski definition) is 1. The summed E-state index contributed by atoms with van der Waals surface area (Å²) in [4.78, 5) is 13.4. The first-order valence-corrected chi connectivity index (χ1v) is 5.19. The molecule has 1 unspecified atom stereocenters. The number of benzene rings is 1. The highest BCUT2D eigenvalue weighted by Gasteiger charge is 2.22. The second kappa shape index (κ2) is 3.86. The van der Waals surface area contributed by atoms with Crippen molar-refractivity contribution in [1.29, 1.82) is 5.26 Å². The topological polar surface area (TPSA) is 56.1 Å². The minimum atomic E-state index is 0.0637. The van der Waals surface area contributed by atoms with Crippen LogP contribution < -0.4 is 10.2 Å². The van der Waals surface area contributed by atoms with Gasteiger partial charge in [0, 0.05) is 19.5 Å². The fourth-order valence-corrected chi connectivity index (χ4v) is 1.85. The van der Waals surface area contributed by atoms with E-state index in [-0.39, 0.29) is 11.9 Å². The smallest absolute Gasteiger partial charge is 0.228 e. The van der Waals surface area contributed by atoms with Gasteiger partial charge in [0.2, 0.25) is 5.91 Å². The average molecular weight is 215 g/mol. The molecular weight excluding hydrogens is 202 g/mol. The highest BCUT2D eigenvalue weighted by Crippen LogP contribution is 2.30. The van der Waals surface area contributed by atoms with Crippen LogP contribution in [0.5, 0.6) is 0 Å². The predicted octanol–water partition coefficient (Wildman–Crippen LogP) is 1.73. The van der Waals surface area contributed by atoms with Crippen molar-refractivity contribution in [2.45, 2.75) is 19.4 Å². The summed E-state index contributed by atoms with van der Waals surface area (Å²) in [6.45, 7) is 1.97. The SMILES string of the molecule is CC1CC(=O)N(C)c2cc(C#N)ccc2N1. The van der Waals surface area contributed by atoms with Crippen LogP contribution >= 0.6 is 0 Å². The number of anilines is 2. The number of nitriles is 1. The molecule has 0 spiro atoms. The molecule has 0 radical (unpaired) electrons. The van der Waals surface area contributed by atoms with E-state index in [9.17, 15) is 4.79 Å². The Kier molecular flexibility index (Phi) is 2.53. The first-order valence-electron chi connectivity index (χ1n) is 5.19. The maximum Gasteiger partial charge on any atom is 0.228 e. The summed E-state index contributed by atoms with van der Waals surface area (Å²) in [7, 11) is 1.74. The Morgan fingerprint density at radius 2 is 2.31 bits per heavy atom. The van der Waals surface area contributed by atoms with Crippen molar-refractivity contribution >= 4 is 17.3 Å². The van der Waals surface area contributed by atoms with Gasteiger partial charge in [-0.05, 0) is 25.1 Å². The van der Waals surface area contributed by atoms with Gasteiger partial charge in [-0.1, -0.05) is 0 Å². The van der Waals surface area contributed by atoms with Crippen molar-refractivity contribution in [3.05, 3.63) is 23.8 Å². The van der Waals surface area contributed by atoms with Crippen LogP contribution in [0.4, 0.5) is 11.4 Å². The van der Waals surface area contributed by atoms with Crippen molar-refractivity contribution in [1.82, 2.24) is 0 Å². The lowest BCUT2D eigenvalue weighted by atomic mass is 10.1. The van der Waals surface area contributed by atoms with Crippen LogP contribution in [0.25, 0.3) is 0 Å². The fourth-order valence-electron chi connectivity index (χ4n) is 1.85. The molecule has 0 bridgehead atoms. The lowest BCUT2D eigenvalue weighted by Gasteiger charge is -2.16. The first kappa shape index (κ1) is 10.5. The maximum absolute atomic E-state index is 11.8. The predicted molar refractivity (Wildman–Crippen MR) is 62.3 cm³/mol. The molecule has 4 nitrogen and oxygen atoms in total. The van der Waals surface area contributed by atoms with E-state index in [1.807, 2.05) is 13.0 Å². The van der Waals surface area contributed by atoms with Crippen molar-refractivity contribution in [2.24, 2.45) is 0 Å². The molecule has 1 atom stereocenters. The molecule has 1 aromatic rings. The zero-order valence-electron chi connectivity index (χ0n) is 9.32. The molecule has 1 aromatic carbocycles. The second-order valence-electron chi connectivity index (χ2n) is 4.05. The van der Waals surface area contributed by atoms with Crippen molar-refractivity contribution in [2.75, 3.05) is 17.3 Å². The van der Waals surface area contributed by atoms with E-state index in [4.69, 9.17) is 5.26 Å². The molecule has 1 aliphatic rings. The quantitative estimate of drug-likeness (QED) is 0.717. The Morgan fingerprint density at radius 3 is 3.00 bits per heavy atom. The molecule has 4 heteroatoms. The molecule has 16 heavy (non-hydrogen) atoms. The number of nitrogens with zero attached hydrogens (tertiary/aromatic N) is 2. The Bertz CT molecular complexity index is 476. The van der Waals surface area contributed by atoms with E-state index in [0.717, 1.165) is 11.4 Å². The van der Waals surface area contributed by atoms with E-state index in [2.05, 4.69) is 11.4 Å². The molecule has 0 saturated heterocycles. The van der Waals surface area contributed by atoms with Gasteiger partial charge in [0.05, 0.1) is 23.0 Å². The fraction of sp³-hybridized carbons (Fsp3) is 0.333. The Hall–Kier alpha value is -2.02. The number of hydrogen-bond acceptors (Lipinski definition) is 3. The molecule has 1 amide bonds. The van der Waals surface area contributed by atoms with E-state index >= 15 is 0 Å². The number of carbonyl (C=O) groups is 1. The van der Waals surface area contributed by atoms with E-state index < -0.39 is 0 Å². The number of carbonyl (C=O) groups excluding carboxylic acids is 1. The van der Waals surface area contributed by atoms with Crippen LogP contribution in [0.3, 0.4) is 0 Å². The van der Waals surface area contributed by atoms with Crippen LogP contribution in [-0.4, -0.2) is 19.0 Å². The Balaban J connectivity index is 2.52. The molecule has 82 valence electrons. The van der Waals surface area contributed by atoms with E-state index in [0.29, 0.717) is 12.0 Å². The van der Waals surface area contributed by atoms with Gasteiger partial charge in [0.25, 0.3) is 0 Å². The number of amides is 1. The third-order valence-corrected chi connectivity index (χ3v) is 2.74. The largest absolute Gasteiger partial charge is 0.380 e. The molecule has 0 fully saturated rings. The number of fused-ring (bicyclic) bond motifs is 1. The second-order valence-corrected chi connectivity index (χ2v) is 4.05. The summed E-state index contributed by atoms with van der Waals surface area (Å²) >= 11 is 0. The zero-order chi connectivity index (χ0) is 11.7. The lowest BCUT2D eigenvalue weighted by Crippen LogP contribution is -2.27. The van der Waals surface area contributed by atoms with Gasteiger partial charge in [-0.25, -0.2) is 0 Å². The van der Waals surface area contributed by atoms with E-state index in [1.165, 1.54) is 0 Å². The minimum Gasteiger partial charge on any atom is -0.380 e. The van der Waals surface area contributed by atoms with Crippen molar-refractivity contribution < 1.29 is 4.79 Å². The average Bonchev–Trinajstić information content (AvgIpc) is 2.37. The standard InChI is InChI=1S/C12H13N3O/c1-8-5-12(16)15(2)11-6-9(7-13)3-4-10(11)14-8/h3-4,6,8,14H,5H2,1-2H3. The Morgan fingerprint density at radius 1 is 1.56 bits per heavy atom. The molecule has 1 heterocycles. The van der Waals surface area contributed by atoms with Crippen molar-refractivity contribution in [3.8, 4) is 6.07 Å². The molecule has 0 aliphatic carbocycles. The van der Waals surface area contributed by atoms with E-state index in [1.54, 1.807) is 24.1 Å². The summed E-state index contributed by atoms with van der Waals surface area (Å²) in [6, 6.07) is 7.53. The van der Waals surface area contributed by atoms with Crippen molar-refractivity contribution in [3.63, 3.8) is 0 Å². The van der Waals surface area contributed by atoms with Gasteiger partial charge in [0.1, 0.15) is 0 Å². The molecule has 2 rings (SSSR count). The summed E-state index contributed by atoms with van der Waals surface area (Å²) in [5.74, 6) is 0.0637. The summed E-state index contributed by atoms with van der Waals surface area (Å²) in [5, 5.41) is 12.1. The molecule has 0 aromatic heterocycles. The number of nitrogens with one attached hydrogen (secondary N) is 1. The lowest BCUT2D eigenvalue weighted by molar-refractivity contribution is -0.118. The maximum atomic E-state index is 11.8. The molecule has 0 saturated carbocycles. The molecule has 1 aliphatic heterocycles. The highest BCUT2D eigenvalue weighted by molar-refractivity contribution is 5.98. The Labute approximate surface area is 94.5 Å². The first-order chi connectivity index (χ1) is 7.61. The van der Waals surface area contributed by atoms with Crippen LogP contribution in [0.1, 0.15) is 18.9 Å². The monoisotopic (exact) mass is 215 g/mol. The van der Waals surface area contributed by atoms with Gasteiger partial charge >= 0.3 is 0 Å². The van der Waals surface area contributed by atoms with Crippen LogP contribution in [0.15, 0.2) is 18.2 Å². The normalized spacial score (nSPS) is 19.4. The summed E-state index contributed by atoms with van der Waals surface area (Å²) in [6.07, 6.45) is 0.465. The van der Waals surface area contributed by atoms with Crippen LogP contribution in [-0.2, 0) is 4.79 Å². The third-order valence-electron chi connectivity index (χ3n) is 2.74. The molecular formula is C12H13N3O. The van der Waals surface area contributed by atoms with Gasteiger partial charge < -0.3 is 10.2 Å². The van der Waals surface area contributed by atoms with Gasteiger partial charge in [-0.3, -0.25) is 4.79 Å².